The molecule has 24 heavy (non-hydrogen) atoms. The predicted molar refractivity (Wildman–Crippen MR) is 94.5 cm³/mol. The van der Waals surface area contributed by atoms with E-state index >= 15 is 0 Å². The molecule has 3 heterocycles. The molecule has 0 spiro atoms. The maximum atomic E-state index is 12.6. The Morgan fingerprint density at radius 2 is 1.96 bits per heavy atom. The van der Waals surface area contributed by atoms with Crippen molar-refractivity contribution < 1.29 is 17.6 Å². The summed E-state index contributed by atoms with van der Waals surface area (Å²) in [6.45, 7) is 1.43. The highest BCUT2D eigenvalue weighted by atomic mass is 79.9. The first-order valence-corrected chi connectivity index (χ1v) is 10.6. The molecule has 2 aromatic rings. The summed E-state index contributed by atoms with van der Waals surface area (Å²) in [6, 6.07) is 6.56. The van der Waals surface area contributed by atoms with Crippen LogP contribution in [0.2, 0.25) is 0 Å². The summed E-state index contributed by atoms with van der Waals surface area (Å²) in [5.74, 6) is -0.130. The molecule has 0 saturated carbocycles. The van der Waals surface area contributed by atoms with Gasteiger partial charge in [-0.25, -0.2) is 8.42 Å². The zero-order chi connectivity index (χ0) is 17.2. The molecule has 130 valence electrons. The molecule has 0 aliphatic carbocycles. The number of piperidine rings is 1. The van der Waals surface area contributed by atoms with E-state index in [9.17, 15) is 13.2 Å². The van der Waals surface area contributed by atoms with Gasteiger partial charge in [0.05, 0.1) is 6.54 Å². The summed E-state index contributed by atoms with van der Waals surface area (Å²) in [5, 5.41) is 2.72. The van der Waals surface area contributed by atoms with Gasteiger partial charge in [-0.05, 0) is 53.0 Å². The highest BCUT2D eigenvalue weighted by molar-refractivity contribution is 9.10. The topological polar surface area (TPSA) is 79.6 Å². The summed E-state index contributed by atoms with van der Waals surface area (Å²) < 4.78 is 32.7. The quantitative estimate of drug-likeness (QED) is 0.786. The van der Waals surface area contributed by atoms with Crippen LogP contribution in [0.5, 0.6) is 0 Å². The summed E-state index contributed by atoms with van der Waals surface area (Å²) in [5.41, 5.74) is 0. The van der Waals surface area contributed by atoms with Crippen molar-refractivity contribution in [1.82, 2.24) is 9.62 Å². The Kier molecular flexibility index (Phi) is 5.43. The SMILES string of the molecule is O=C(NCc1ccc(S(=O)(=O)N2CCCCC2)s1)c1ccc(Br)o1. The Bertz CT molecular complexity index is 822. The number of thiophene rings is 1. The fraction of sp³-hybridized carbons (Fsp3) is 0.400. The number of halogens is 1. The highest BCUT2D eigenvalue weighted by Crippen LogP contribution is 2.27. The van der Waals surface area contributed by atoms with Crippen LogP contribution in [0, 0.1) is 0 Å². The summed E-state index contributed by atoms with van der Waals surface area (Å²) >= 11 is 4.34. The fourth-order valence-corrected chi connectivity index (χ4v) is 5.79. The Morgan fingerprint density at radius 1 is 1.21 bits per heavy atom. The maximum Gasteiger partial charge on any atom is 0.287 e. The molecule has 0 bridgehead atoms. The number of carbonyl (C=O) groups is 1. The van der Waals surface area contributed by atoms with Crippen LogP contribution in [0.4, 0.5) is 0 Å². The number of nitrogens with zero attached hydrogens (tertiary/aromatic N) is 1. The molecular weight excluding hydrogens is 416 g/mol. The largest absolute Gasteiger partial charge is 0.444 e. The zero-order valence-electron chi connectivity index (χ0n) is 12.8. The van der Waals surface area contributed by atoms with Crippen LogP contribution in [0.15, 0.2) is 37.6 Å². The first kappa shape index (κ1) is 17.7. The number of amides is 1. The van der Waals surface area contributed by atoms with Crippen molar-refractivity contribution in [2.75, 3.05) is 13.1 Å². The van der Waals surface area contributed by atoms with Crippen LogP contribution in [-0.4, -0.2) is 31.7 Å². The fourth-order valence-electron chi connectivity index (χ4n) is 2.52. The Labute approximate surface area is 153 Å². The lowest BCUT2D eigenvalue weighted by atomic mass is 10.2. The minimum Gasteiger partial charge on any atom is -0.444 e. The highest BCUT2D eigenvalue weighted by Gasteiger charge is 2.27. The molecule has 6 nitrogen and oxygen atoms in total. The van der Waals surface area contributed by atoms with Crippen molar-refractivity contribution >= 4 is 43.2 Å². The number of hydrogen-bond acceptors (Lipinski definition) is 5. The van der Waals surface area contributed by atoms with Crippen LogP contribution < -0.4 is 5.32 Å². The second kappa shape index (κ2) is 7.38. The molecule has 3 rings (SSSR count). The third-order valence-electron chi connectivity index (χ3n) is 3.77. The standard InChI is InChI=1S/C15H17BrN2O4S2/c16-13-6-5-12(22-13)15(19)17-10-11-4-7-14(23-11)24(20,21)18-8-2-1-3-9-18/h4-7H,1-3,8-10H2,(H,17,19). The summed E-state index contributed by atoms with van der Waals surface area (Å²) in [6.07, 6.45) is 2.90. The zero-order valence-corrected chi connectivity index (χ0v) is 16.0. The number of rotatable bonds is 5. The van der Waals surface area contributed by atoms with Gasteiger partial charge in [0, 0.05) is 18.0 Å². The Hall–Kier alpha value is -1.16. The van der Waals surface area contributed by atoms with Gasteiger partial charge in [0.2, 0.25) is 0 Å². The molecule has 9 heteroatoms. The predicted octanol–water partition coefficient (Wildman–Crippen LogP) is 3.21. The van der Waals surface area contributed by atoms with E-state index in [0.29, 0.717) is 22.0 Å². The van der Waals surface area contributed by atoms with Gasteiger partial charge in [-0.3, -0.25) is 4.79 Å². The van der Waals surface area contributed by atoms with E-state index in [4.69, 9.17) is 4.42 Å². The molecule has 0 radical (unpaired) electrons. The molecule has 1 N–H and O–H groups in total. The van der Waals surface area contributed by atoms with Crippen LogP contribution in [-0.2, 0) is 16.6 Å². The Balaban J connectivity index is 1.64. The van der Waals surface area contributed by atoms with Gasteiger partial charge in [0.25, 0.3) is 15.9 Å². The van der Waals surface area contributed by atoms with Gasteiger partial charge >= 0.3 is 0 Å². The van der Waals surface area contributed by atoms with Crippen molar-refractivity contribution in [3.05, 3.63) is 39.6 Å². The van der Waals surface area contributed by atoms with Crippen LogP contribution >= 0.6 is 27.3 Å². The first-order chi connectivity index (χ1) is 11.5. The van der Waals surface area contributed by atoms with Crippen molar-refractivity contribution in [2.24, 2.45) is 0 Å². The third-order valence-corrected chi connectivity index (χ3v) is 7.64. The van der Waals surface area contributed by atoms with E-state index < -0.39 is 10.0 Å². The van der Waals surface area contributed by atoms with Crippen molar-refractivity contribution in [3.63, 3.8) is 0 Å². The van der Waals surface area contributed by atoms with Crippen molar-refractivity contribution in [3.8, 4) is 0 Å². The van der Waals surface area contributed by atoms with Gasteiger partial charge in [-0.15, -0.1) is 11.3 Å². The third kappa shape index (κ3) is 3.90. The molecule has 0 atom stereocenters. The number of hydrogen-bond donors (Lipinski definition) is 1. The van der Waals surface area contributed by atoms with Gasteiger partial charge in [0.1, 0.15) is 4.21 Å². The second-order valence-corrected chi connectivity index (χ2v) is 9.59. The molecular formula is C15H17BrN2O4S2. The molecule has 1 aliphatic rings. The van der Waals surface area contributed by atoms with Gasteiger partial charge < -0.3 is 9.73 Å². The monoisotopic (exact) mass is 432 g/mol. The molecule has 1 saturated heterocycles. The second-order valence-electron chi connectivity index (χ2n) is 5.47. The van der Waals surface area contributed by atoms with Crippen molar-refractivity contribution in [1.29, 1.82) is 0 Å². The average Bonchev–Trinajstić information content (AvgIpc) is 3.23. The van der Waals surface area contributed by atoms with E-state index in [2.05, 4.69) is 21.2 Å². The average molecular weight is 433 g/mol. The van der Waals surface area contributed by atoms with Gasteiger partial charge in [-0.1, -0.05) is 6.42 Å². The molecule has 2 aromatic heterocycles. The smallest absolute Gasteiger partial charge is 0.287 e. The van der Waals surface area contributed by atoms with Crippen LogP contribution in [0.3, 0.4) is 0 Å². The van der Waals surface area contributed by atoms with E-state index in [1.54, 1.807) is 28.6 Å². The maximum absolute atomic E-state index is 12.6. The minimum absolute atomic E-state index is 0.208. The van der Waals surface area contributed by atoms with E-state index in [1.807, 2.05) is 0 Å². The lowest BCUT2D eigenvalue weighted by Gasteiger charge is -2.25. The molecule has 0 unspecified atom stereocenters. The Morgan fingerprint density at radius 3 is 2.62 bits per heavy atom. The van der Waals surface area contributed by atoms with E-state index in [-0.39, 0.29) is 18.2 Å². The summed E-state index contributed by atoms with van der Waals surface area (Å²) in [7, 11) is -3.41. The molecule has 0 aromatic carbocycles. The van der Waals surface area contributed by atoms with Crippen molar-refractivity contribution in [2.45, 2.75) is 30.0 Å². The minimum atomic E-state index is -3.41. The van der Waals surface area contributed by atoms with Gasteiger partial charge in [-0.2, -0.15) is 4.31 Å². The lowest BCUT2D eigenvalue weighted by Crippen LogP contribution is -2.35. The van der Waals surface area contributed by atoms with Crippen LogP contribution in [0.25, 0.3) is 0 Å². The van der Waals surface area contributed by atoms with Crippen LogP contribution in [0.1, 0.15) is 34.7 Å². The van der Waals surface area contributed by atoms with E-state index in [0.717, 1.165) is 24.1 Å². The molecule has 1 aliphatic heterocycles. The normalized spacial score (nSPS) is 16.2. The number of furan rings is 1. The number of carbonyl (C=O) groups excluding carboxylic acids is 1. The number of nitrogens with one attached hydrogen (secondary N) is 1. The molecule has 1 amide bonds. The lowest BCUT2D eigenvalue weighted by molar-refractivity contribution is 0.0922. The number of sulfonamides is 1. The summed E-state index contributed by atoms with van der Waals surface area (Å²) in [4.78, 5) is 12.7. The molecule has 1 fully saturated rings. The van der Waals surface area contributed by atoms with E-state index in [1.165, 1.54) is 11.3 Å². The van der Waals surface area contributed by atoms with Gasteiger partial charge in [0.15, 0.2) is 10.4 Å². The first-order valence-electron chi connectivity index (χ1n) is 7.59.